The Bertz CT molecular complexity index is 515. The summed E-state index contributed by atoms with van der Waals surface area (Å²) < 4.78 is 0. The molecule has 0 radical (unpaired) electrons. The van der Waals surface area contributed by atoms with E-state index in [4.69, 9.17) is 10.8 Å². The topological polar surface area (TPSA) is 104 Å². The number of phenols is 1. The van der Waals surface area contributed by atoms with Crippen molar-refractivity contribution in [3.05, 3.63) is 29.8 Å². The van der Waals surface area contributed by atoms with Crippen LogP contribution in [0.5, 0.6) is 5.75 Å². The Morgan fingerprint density at radius 2 is 2.00 bits per heavy atom. The average Bonchev–Trinajstić information content (AvgIpc) is 2.88. The van der Waals surface area contributed by atoms with Gasteiger partial charge in [0.15, 0.2) is 0 Å². The van der Waals surface area contributed by atoms with Crippen LogP contribution in [0.4, 0.5) is 0 Å². The number of phenolic OH excluding ortho intramolecular Hbond substituents is 1. The predicted octanol–water partition coefficient (Wildman–Crippen LogP) is 0.585. The van der Waals surface area contributed by atoms with Gasteiger partial charge in [-0.3, -0.25) is 9.59 Å². The molecule has 0 saturated carbocycles. The van der Waals surface area contributed by atoms with Crippen LogP contribution in [0.25, 0.3) is 0 Å². The number of aliphatic carboxylic acids is 1. The Morgan fingerprint density at radius 3 is 2.62 bits per heavy atom. The van der Waals surface area contributed by atoms with E-state index >= 15 is 0 Å². The number of carboxylic acids is 1. The second-order valence-electron chi connectivity index (χ2n) is 5.51. The Balaban J connectivity index is 1.88. The van der Waals surface area contributed by atoms with Crippen molar-refractivity contribution in [2.75, 3.05) is 13.1 Å². The number of hydrogen-bond acceptors (Lipinski definition) is 4. The number of benzene rings is 1. The van der Waals surface area contributed by atoms with Crippen LogP contribution < -0.4 is 5.73 Å². The minimum Gasteiger partial charge on any atom is -0.508 e. The number of carbonyl (C=O) groups excluding carboxylic acids is 1. The molecule has 2 rings (SSSR count). The van der Waals surface area contributed by atoms with Gasteiger partial charge in [-0.25, -0.2) is 0 Å². The molecule has 1 unspecified atom stereocenters. The molecule has 0 bridgehead atoms. The highest BCUT2D eigenvalue weighted by Gasteiger charge is 2.30. The zero-order valence-electron chi connectivity index (χ0n) is 11.7. The van der Waals surface area contributed by atoms with Crippen LogP contribution in [0.15, 0.2) is 24.3 Å². The normalized spacial score (nSPS) is 19.5. The molecule has 1 amide bonds. The summed E-state index contributed by atoms with van der Waals surface area (Å²) in [5.74, 6) is -0.777. The van der Waals surface area contributed by atoms with Crippen molar-refractivity contribution in [2.45, 2.75) is 25.3 Å². The molecule has 1 fully saturated rings. The van der Waals surface area contributed by atoms with Crippen LogP contribution in [0.3, 0.4) is 0 Å². The molecule has 1 heterocycles. The second kappa shape index (κ2) is 6.58. The fourth-order valence-corrected chi connectivity index (χ4v) is 2.65. The monoisotopic (exact) mass is 292 g/mol. The van der Waals surface area contributed by atoms with Crippen LogP contribution in [-0.4, -0.2) is 46.1 Å². The Kier molecular flexibility index (Phi) is 4.80. The van der Waals surface area contributed by atoms with Gasteiger partial charge in [0.25, 0.3) is 0 Å². The lowest BCUT2D eigenvalue weighted by atomic mass is 10.0. The molecule has 6 heteroatoms. The van der Waals surface area contributed by atoms with E-state index in [9.17, 15) is 14.7 Å². The van der Waals surface area contributed by atoms with E-state index in [0.717, 1.165) is 5.56 Å². The molecule has 1 aromatic carbocycles. The molecule has 21 heavy (non-hydrogen) atoms. The van der Waals surface area contributed by atoms with Crippen LogP contribution in [0.1, 0.15) is 18.4 Å². The summed E-state index contributed by atoms with van der Waals surface area (Å²) >= 11 is 0. The molecule has 1 aromatic rings. The van der Waals surface area contributed by atoms with Crippen molar-refractivity contribution in [1.29, 1.82) is 0 Å². The highest BCUT2D eigenvalue weighted by atomic mass is 16.4. The molecule has 4 N–H and O–H groups in total. The predicted molar refractivity (Wildman–Crippen MR) is 76.7 cm³/mol. The molecule has 114 valence electrons. The number of nitrogens with zero attached hydrogens (tertiary/aromatic N) is 1. The zero-order valence-corrected chi connectivity index (χ0v) is 11.7. The molecule has 1 aliphatic heterocycles. The van der Waals surface area contributed by atoms with Crippen molar-refractivity contribution in [3.8, 4) is 5.75 Å². The third-order valence-electron chi connectivity index (χ3n) is 3.77. The lowest BCUT2D eigenvalue weighted by Gasteiger charge is -2.21. The van der Waals surface area contributed by atoms with Gasteiger partial charge in [-0.1, -0.05) is 12.1 Å². The van der Waals surface area contributed by atoms with Gasteiger partial charge >= 0.3 is 5.97 Å². The molecular weight excluding hydrogens is 272 g/mol. The highest BCUT2D eigenvalue weighted by molar-refractivity contribution is 5.82. The minimum absolute atomic E-state index is 0.0207. The van der Waals surface area contributed by atoms with E-state index in [1.54, 1.807) is 29.2 Å². The van der Waals surface area contributed by atoms with Crippen LogP contribution in [0.2, 0.25) is 0 Å². The smallest absolute Gasteiger partial charge is 0.303 e. The summed E-state index contributed by atoms with van der Waals surface area (Å²) in [7, 11) is 0. The van der Waals surface area contributed by atoms with Crippen LogP contribution in [0, 0.1) is 5.92 Å². The third kappa shape index (κ3) is 4.19. The quantitative estimate of drug-likeness (QED) is 0.736. The minimum atomic E-state index is -0.831. The maximum atomic E-state index is 12.3. The van der Waals surface area contributed by atoms with Crippen molar-refractivity contribution >= 4 is 11.9 Å². The first-order valence-corrected chi connectivity index (χ1v) is 6.99. The van der Waals surface area contributed by atoms with Gasteiger partial charge in [0.2, 0.25) is 5.91 Å². The van der Waals surface area contributed by atoms with E-state index in [1.807, 2.05) is 0 Å². The number of aromatic hydroxyl groups is 1. The van der Waals surface area contributed by atoms with E-state index in [-0.39, 0.29) is 24.0 Å². The van der Waals surface area contributed by atoms with Gasteiger partial charge in [-0.05, 0) is 36.5 Å². The Morgan fingerprint density at radius 1 is 1.33 bits per heavy atom. The molecule has 1 saturated heterocycles. The number of rotatable bonds is 5. The molecule has 0 spiro atoms. The van der Waals surface area contributed by atoms with Gasteiger partial charge in [-0.2, -0.15) is 0 Å². The molecule has 6 nitrogen and oxygen atoms in total. The Hall–Kier alpha value is -2.08. The number of hydrogen-bond donors (Lipinski definition) is 3. The lowest BCUT2D eigenvalue weighted by molar-refractivity contribution is -0.138. The van der Waals surface area contributed by atoms with Crippen molar-refractivity contribution in [3.63, 3.8) is 0 Å². The largest absolute Gasteiger partial charge is 0.508 e. The van der Waals surface area contributed by atoms with E-state index < -0.39 is 12.0 Å². The number of carboxylic acid groups (broad SMARTS) is 1. The SMILES string of the molecule is N[C@@H](Cc1ccc(O)cc1)C(=O)N1CCC(CC(=O)O)C1. The first-order valence-electron chi connectivity index (χ1n) is 6.99. The molecular formula is C15H20N2O4. The van der Waals surface area contributed by atoms with Gasteiger partial charge < -0.3 is 20.8 Å². The summed E-state index contributed by atoms with van der Waals surface area (Å²) in [5, 5.41) is 18.0. The maximum Gasteiger partial charge on any atom is 0.303 e. The van der Waals surface area contributed by atoms with Gasteiger partial charge in [0.05, 0.1) is 6.04 Å². The highest BCUT2D eigenvalue weighted by Crippen LogP contribution is 2.20. The maximum absolute atomic E-state index is 12.3. The van der Waals surface area contributed by atoms with Crippen molar-refractivity contribution in [1.82, 2.24) is 4.90 Å². The van der Waals surface area contributed by atoms with Crippen LogP contribution >= 0.6 is 0 Å². The number of nitrogens with two attached hydrogens (primary N) is 1. The number of amides is 1. The van der Waals surface area contributed by atoms with E-state index in [1.165, 1.54) is 0 Å². The van der Waals surface area contributed by atoms with Gasteiger partial charge in [0.1, 0.15) is 5.75 Å². The molecule has 1 aliphatic rings. The fraction of sp³-hybridized carbons (Fsp3) is 0.467. The summed E-state index contributed by atoms with van der Waals surface area (Å²) in [6, 6.07) is 5.95. The Labute approximate surface area is 123 Å². The number of likely N-dealkylation sites (tertiary alicyclic amines) is 1. The standard InChI is InChI=1S/C15H20N2O4/c16-13(7-10-1-3-12(18)4-2-10)15(21)17-6-5-11(9-17)8-14(19)20/h1-4,11,13,18H,5-9,16H2,(H,19,20)/t11?,13-/m0/s1. The second-order valence-corrected chi connectivity index (χ2v) is 5.51. The summed E-state index contributed by atoms with van der Waals surface area (Å²) in [6.45, 7) is 1.04. The van der Waals surface area contributed by atoms with Gasteiger partial charge in [0, 0.05) is 19.5 Å². The first-order chi connectivity index (χ1) is 9.95. The first kappa shape index (κ1) is 15.3. The summed E-state index contributed by atoms with van der Waals surface area (Å²) in [6.07, 6.45) is 1.21. The van der Waals surface area contributed by atoms with E-state index in [0.29, 0.717) is 25.9 Å². The summed E-state index contributed by atoms with van der Waals surface area (Å²) in [5.41, 5.74) is 6.83. The van der Waals surface area contributed by atoms with Crippen LogP contribution in [-0.2, 0) is 16.0 Å². The lowest BCUT2D eigenvalue weighted by Crippen LogP contribution is -2.44. The molecule has 0 aliphatic carbocycles. The summed E-state index contributed by atoms with van der Waals surface area (Å²) in [4.78, 5) is 24.6. The van der Waals surface area contributed by atoms with Gasteiger partial charge in [-0.15, -0.1) is 0 Å². The zero-order chi connectivity index (χ0) is 15.4. The average molecular weight is 292 g/mol. The van der Waals surface area contributed by atoms with Crippen molar-refractivity contribution < 1.29 is 19.8 Å². The third-order valence-corrected chi connectivity index (χ3v) is 3.77. The van der Waals surface area contributed by atoms with E-state index in [2.05, 4.69) is 0 Å². The van der Waals surface area contributed by atoms with Crippen molar-refractivity contribution in [2.24, 2.45) is 11.7 Å². The number of carbonyl (C=O) groups is 2. The fourth-order valence-electron chi connectivity index (χ4n) is 2.65. The molecule has 2 atom stereocenters. The molecule has 0 aromatic heterocycles.